The molecule has 0 saturated carbocycles. The summed E-state index contributed by atoms with van der Waals surface area (Å²) in [5.74, 6) is 0.919. The Hall–Kier alpha value is -3.65. The predicted octanol–water partition coefficient (Wildman–Crippen LogP) is 2.92. The van der Waals surface area contributed by atoms with Crippen LogP contribution < -0.4 is 10.5 Å². The molecule has 2 aromatic carbocycles. The highest BCUT2D eigenvalue weighted by atomic mass is 16.3. The number of phenols is 1. The number of aliphatic hydroxyl groups excluding tert-OH is 1. The molecule has 168 valence electrons. The molecule has 1 saturated heterocycles. The quantitative estimate of drug-likeness (QED) is 0.506. The average Bonchev–Trinajstić information content (AvgIpc) is 3.39. The van der Waals surface area contributed by atoms with Gasteiger partial charge in [0.2, 0.25) is 5.95 Å². The van der Waals surface area contributed by atoms with Crippen molar-refractivity contribution in [2.45, 2.75) is 38.0 Å². The highest BCUT2D eigenvalue weighted by molar-refractivity contribution is 5.84. The molecule has 4 aromatic rings. The molecule has 0 amide bonds. The Bertz CT molecular complexity index is 1380. The van der Waals surface area contributed by atoms with Gasteiger partial charge in [0.1, 0.15) is 5.75 Å². The molecule has 2 N–H and O–H groups in total. The Morgan fingerprint density at radius 2 is 1.67 bits per heavy atom. The topological polar surface area (TPSA) is 96.4 Å². The van der Waals surface area contributed by atoms with Gasteiger partial charge in [-0.05, 0) is 43.0 Å². The summed E-state index contributed by atoms with van der Waals surface area (Å²) >= 11 is 0. The molecular weight excluding hydrogens is 418 g/mol. The van der Waals surface area contributed by atoms with E-state index in [1.165, 1.54) is 0 Å². The minimum Gasteiger partial charge on any atom is -0.508 e. The van der Waals surface area contributed by atoms with Crippen molar-refractivity contribution in [3.05, 3.63) is 70.8 Å². The van der Waals surface area contributed by atoms with Crippen molar-refractivity contribution >= 4 is 16.9 Å². The van der Waals surface area contributed by atoms with Crippen molar-refractivity contribution in [2.75, 3.05) is 18.0 Å². The standard InChI is InChI=1S/C25H25N5O3/c31-18-7-10-28(11-8-18)25-26-14-17(15-27-25)16-5-6-20-22(13-16)30-21(9-12-29(30)24(20)33)19-3-1-2-4-23(19)32/h1-6,13-15,18,21,31-32H,7-12H2. The first-order valence-corrected chi connectivity index (χ1v) is 11.4. The fourth-order valence-electron chi connectivity index (χ4n) is 5.12. The summed E-state index contributed by atoms with van der Waals surface area (Å²) in [6, 6.07) is 13.0. The second kappa shape index (κ2) is 7.74. The summed E-state index contributed by atoms with van der Waals surface area (Å²) in [6.45, 7) is 2.12. The van der Waals surface area contributed by atoms with Crippen molar-refractivity contribution in [1.29, 1.82) is 0 Å². The maximum atomic E-state index is 13.0. The number of hydrogen-bond donors (Lipinski definition) is 2. The Morgan fingerprint density at radius 1 is 0.909 bits per heavy atom. The molecule has 33 heavy (non-hydrogen) atoms. The van der Waals surface area contributed by atoms with Crippen LogP contribution in [0.1, 0.15) is 30.9 Å². The lowest BCUT2D eigenvalue weighted by molar-refractivity contribution is 0.145. The summed E-state index contributed by atoms with van der Waals surface area (Å²) in [5.41, 5.74) is 3.48. The van der Waals surface area contributed by atoms with Crippen LogP contribution in [0.15, 0.2) is 59.7 Å². The number of aromatic nitrogens is 4. The number of hydrogen-bond acceptors (Lipinski definition) is 6. The molecule has 0 spiro atoms. The van der Waals surface area contributed by atoms with Crippen LogP contribution in [0.5, 0.6) is 5.75 Å². The lowest BCUT2D eigenvalue weighted by Crippen LogP contribution is -2.36. The van der Waals surface area contributed by atoms with Gasteiger partial charge in [0.05, 0.1) is 23.0 Å². The molecule has 6 rings (SSSR count). The lowest BCUT2D eigenvalue weighted by Gasteiger charge is -2.29. The molecular formula is C25H25N5O3. The fraction of sp³-hybridized carbons (Fsp3) is 0.320. The van der Waals surface area contributed by atoms with Crippen LogP contribution in [-0.4, -0.2) is 48.7 Å². The van der Waals surface area contributed by atoms with Crippen molar-refractivity contribution in [2.24, 2.45) is 0 Å². The molecule has 8 nitrogen and oxygen atoms in total. The van der Waals surface area contributed by atoms with E-state index in [-0.39, 0.29) is 23.5 Å². The first-order valence-electron chi connectivity index (χ1n) is 11.4. The summed E-state index contributed by atoms with van der Waals surface area (Å²) in [5, 5.41) is 20.8. The van der Waals surface area contributed by atoms with Gasteiger partial charge in [-0.3, -0.25) is 9.48 Å². The summed E-state index contributed by atoms with van der Waals surface area (Å²) in [7, 11) is 0. The van der Waals surface area contributed by atoms with Gasteiger partial charge in [-0.1, -0.05) is 24.3 Å². The van der Waals surface area contributed by atoms with E-state index in [4.69, 9.17) is 0 Å². The summed E-state index contributed by atoms with van der Waals surface area (Å²) < 4.78 is 3.79. The number of aromatic hydroxyl groups is 1. The number of piperidine rings is 1. The first-order chi connectivity index (χ1) is 16.1. The Kier molecular flexibility index (Phi) is 4.69. The molecule has 0 radical (unpaired) electrons. The van der Waals surface area contributed by atoms with E-state index in [1.807, 2.05) is 53.5 Å². The minimum absolute atomic E-state index is 0.00615. The summed E-state index contributed by atoms with van der Waals surface area (Å²) in [4.78, 5) is 24.2. The van der Waals surface area contributed by atoms with E-state index in [1.54, 1.807) is 10.7 Å². The van der Waals surface area contributed by atoms with E-state index in [2.05, 4.69) is 14.9 Å². The van der Waals surface area contributed by atoms with Crippen LogP contribution in [-0.2, 0) is 6.54 Å². The van der Waals surface area contributed by atoms with Crippen LogP contribution >= 0.6 is 0 Å². The second-order valence-electron chi connectivity index (χ2n) is 8.86. The molecule has 1 atom stereocenters. The molecule has 2 aliphatic rings. The number of fused-ring (bicyclic) bond motifs is 3. The molecule has 2 aromatic heterocycles. The van der Waals surface area contributed by atoms with E-state index < -0.39 is 0 Å². The van der Waals surface area contributed by atoms with Crippen molar-refractivity contribution in [1.82, 2.24) is 19.3 Å². The van der Waals surface area contributed by atoms with Crippen molar-refractivity contribution in [3.8, 4) is 16.9 Å². The number of anilines is 1. The molecule has 0 aliphatic carbocycles. The third-order valence-corrected chi connectivity index (χ3v) is 6.89. The van der Waals surface area contributed by atoms with Crippen LogP contribution in [0.25, 0.3) is 22.0 Å². The maximum Gasteiger partial charge on any atom is 0.274 e. The van der Waals surface area contributed by atoms with E-state index in [0.29, 0.717) is 17.9 Å². The minimum atomic E-state index is -0.235. The third-order valence-electron chi connectivity index (χ3n) is 6.89. The number of phenolic OH excluding ortho intramolecular Hbond substituents is 1. The van der Waals surface area contributed by atoms with Gasteiger partial charge < -0.3 is 15.1 Å². The van der Waals surface area contributed by atoms with Gasteiger partial charge in [0, 0.05) is 43.2 Å². The van der Waals surface area contributed by atoms with Gasteiger partial charge in [0.25, 0.3) is 5.56 Å². The third kappa shape index (κ3) is 3.29. The molecule has 2 aliphatic heterocycles. The fourth-order valence-corrected chi connectivity index (χ4v) is 5.12. The molecule has 1 fully saturated rings. The van der Waals surface area contributed by atoms with Gasteiger partial charge >= 0.3 is 0 Å². The highest BCUT2D eigenvalue weighted by Crippen LogP contribution is 2.36. The molecule has 8 heteroatoms. The first kappa shape index (κ1) is 20.0. The van der Waals surface area contributed by atoms with Crippen LogP contribution in [0.3, 0.4) is 0 Å². The molecule has 0 bridgehead atoms. The zero-order valence-electron chi connectivity index (χ0n) is 18.1. The second-order valence-corrected chi connectivity index (χ2v) is 8.86. The number of benzene rings is 2. The molecule has 4 heterocycles. The number of para-hydroxylation sites is 1. The van der Waals surface area contributed by atoms with Crippen molar-refractivity contribution < 1.29 is 10.2 Å². The normalized spacial score (nSPS) is 18.7. The number of aliphatic hydroxyl groups is 1. The van der Waals surface area contributed by atoms with Crippen LogP contribution in [0, 0.1) is 0 Å². The average molecular weight is 444 g/mol. The van der Waals surface area contributed by atoms with Crippen molar-refractivity contribution in [3.63, 3.8) is 0 Å². The van der Waals surface area contributed by atoms with Gasteiger partial charge in [-0.2, -0.15) is 0 Å². The SMILES string of the molecule is O=c1c2ccc(-c3cnc(N4CCC(O)CC4)nc3)cc2n2n1CCC2c1ccccc1O. The van der Waals surface area contributed by atoms with Crippen LogP contribution in [0.4, 0.5) is 5.95 Å². The van der Waals surface area contributed by atoms with E-state index in [0.717, 1.165) is 54.6 Å². The number of nitrogens with zero attached hydrogens (tertiary/aromatic N) is 5. The zero-order chi connectivity index (χ0) is 22.5. The van der Waals surface area contributed by atoms with Crippen LogP contribution in [0.2, 0.25) is 0 Å². The summed E-state index contributed by atoms with van der Waals surface area (Å²) in [6.07, 6.45) is 5.61. The largest absolute Gasteiger partial charge is 0.508 e. The Balaban J connectivity index is 1.38. The maximum absolute atomic E-state index is 13.0. The number of rotatable bonds is 3. The Morgan fingerprint density at radius 3 is 2.42 bits per heavy atom. The van der Waals surface area contributed by atoms with E-state index in [9.17, 15) is 15.0 Å². The Labute approximate surface area is 190 Å². The predicted molar refractivity (Wildman–Crippen MR) is 126 cm³/mol. The van der Waals surface area contributed by atoms with Gasteiger partial charge in [0.15, 0.2) is 0 Å². The van der Waals surface area contributed by atoms with Gasteiger partial charge in [-0.25, -0.2) is 14.6 Å². The monoisotopic (exact) mass is 443 g/mol. The van der Waals surface area contributed by atoms with E-state index >= 15 is 0 Å². The zero-order valence-corrected chi connectivity index (χ0v) is 18.1. The highest BCUT2D eigenvalue weighted by Gasteiger charge is 2.29. The smallest absolute Gasteiger partial charge is 0.274 e. The lowest BCUT2D eigenvalue weighted by atomic mass is 10.0. The van der Waals surface area contributed by atoms with Gasteiger partial charge in [-0.15, -0.1) is 0 Å². The molecule has 1 unspecified atom stereocenters.